The third-order valence-electron chi connectivity index (χ3n) is 4.25. The number of nitrogens with one attached hydrogen (secondary N) is 1. The topological polar surface area (TPSA) is 78.8 Å². The van der Waals surface area contributed by atoms with Crippen molar-refractivity contribution in [2.24, 2.45) is 0 Å². The number of halogens is 1. The Hall–Kier alpha value is -1.38. The molecule has 0 bridgehead atoms. The third kappa shape index (κ3) is 6.62. The third-order valence-corrected chi connectivity index (χ3v) is 4.82. The highest BCUT2D eigenvalue weighted by molar-refractivity contribution is 9.10. The second kappa shape index (κ2) is 9.21. The molecule has 1 aliphatic carbocycles. The molecule has 2 rings (SSSR count). The fourth-order valence-electron chi connectivity index (χ4n) is 2.83. The lowest BCUT2D eigenvalue weighted by Crippen LogP contribution is -2.39. The summed E-state index contributed by atoms with van der Waals surface area (Å²) < 4.78 is 18.5. The lowest BCUT2D eigenvalue weighted by Gasteiger charge is -2.35. The smallest absolute Gasteiger partial charge is 0.407 e. The SMILES string of the molecule is COC1CC(n2cc(COC[C@@H](C)NC(=O)OC(C)(C)C)cc(Br)c2=O)C1. The molecule has 7 nitrogen and oxygen atoms in total. The first-order valence-electron chi connectivity index (χ1n) is 9.09. The van der Waals surface area contributed by atoms with Gasteiger partial charge < -0.3 is 24.1 Å². The van der Waals surface area contributed by atoms with Crippen molar-refractivity contribution in [3.8, 4) is 0 Å². The molecule has 1 heterocycles. The van der Waals surface area contributed by atoms with Gasteiger partial charge in [0.2, 0.25) is 0 Å². The minimum atomic E-state index is -0.534. The molecule has 1 N–H and O–H groups in total. The maximum Gasteiger partial charge on any atom is 0.407 e. The van der Waals surface area contributed by atoms with Crippen molar-refractivity contribution >= 4 is 22.0 Å². The van der Waals surface area contributed by atoms with Crippen molar-refractivity contribution in [3.63, 3.8) is 0 Å². The predicted molar refractivity (Wildman–Crippen MR) is 106 cm³/mol. The van der Waals surface area contributed by atoms with E-state index >= 15 is 0 Å². The zero-order chi connectivity index (χ0) is 20.2. The molecule has 1 atom stereocenters. The number of alkyl carbamates (subject to hydrolysis) is 1. The summed E-state index contributed by atoms with van der Waals surface area (Å²) in [7, 11) is 1.69. The predicted octanol–water partition coefficient (Wildman–Crippen LogP) is 3.39. The van der Waals surface area contributed by atoms with Gasteiger partial charge in [0.1, 0.15) is 5.60 Å². The van der Waals surface area contributed by atoms with Crippen molar-refractivity contribution in [2.45, 2.75) is 70.9 Å². The van der Waals surface area contributed by atoms with E-state index in [9.17, 15) is 9.59 Å². The van der Waals surface area contributed by atoms with Crippen LogP contribution in [-0.2, 0) is 20.8 Å². The summed E-state index contributed by atoms with van der Waals surface area (Å²) in [5.74, 6) is 0. The van der Waals surface area contributed by atoms with Crippen LogP contribution in [0, 0.1) is 0 Å². The number of methoxy groups -OCH3 is 1. The summed E-state index contributed by atoms with van der Waals surface area (Å²) in [6, 6.07) is 1.74. The molecule has 0 unspecified atom stereocenters. The molecule has 152 valence electrons. The van der Waals surface area contributed by atoms with Gasteiger partial charge >= 0.3 is 6.09 Å². The standard InChI is InChI=1S/C19H29BrN2O5/c1-12(21-18(24)27-19(2,3)4)10-26-11-13-6-16(20)17(23)22(9-13)14-7-15(8-14)25-5/h6,9,12,14-15H,7-8,10-11H2,1-5H3,(H,21,24)/t12-,14?,15?/m1/s1. The second-order valence-electron chi connectivity index (χ2n) is 7.95. The molecule has 1 aromatic rings. The van der Waals surface area contributed by atoms with E-state index in [1.165, 1.54) is 0 Å². The van der Waals surface area contributed by atoms with Crippen molar-refractivity contribution < 1.29 is 19.0 Å². The molecule has 1 aromatic heterocycles. The Morgan fingerprint density at radius 2 is 2.07 bits per heavy atom. The van der Waals surface area contributed by atoms with E-state index in [1.54, 1.807) is 17.7 Å². The largest absolute Gasteiger partial charge is 0.444 e. The highest BCUT2D eigenvalue weighted by Gasteiger charge is 2.31. The molecule has 1 fully saturated rings. The second-order valence-corrected chi connectivity index (χ2v) is 8.81. The molecule has 27 heavy (non-hydrogen) atoms. The van der Waals surface area contributed by atoms with Crippen LogP contribution in [0.4, 0.5) is 4.79 Å². The molecular formula is C19H29BrN2O5. The van der Waals surface area contributed by atoms with Crippen LogP contribution < -0.4 is 10.9 Å². The first-order chi connectivity index (χ1) is 12.6. The van der Waals surface area contributed by atoms with Gasteiger partial charge in [-0.25, -0.2) is 4.79 Å². The molecule has 1 amide bonds. The highest BCUT2D eigenvalue weighted by Crippen LogP contribution is 2.33. The Morgan fingerprint density at radius 3 is 2.67 bits per heavy atom. The average molecular weight is 445 g/mol. The number of rotatable bonds is 7. The van der Waals surface area contributed by atoms with E-state index in [0.717, 1.165) is 18.4 Å². The Labute approximate surface area is 168 Å². The van der Waals surface area contributed by atoms with Crippen molar-refractivity contribution in [1.82, 2.24) is 9.88 Å². The fraction of sp³-hybridized carbons (Fsp3) is 0.684. The van der Waals surface area contributed by atoms with E-state index in [1.807, 2.05) is 33.9 Å². The summed E-state index contributed by atoms with van der Waals surface area (Å²) >= 11 is 3.34. The average Bonchev–Trinajstić information content (AvgIpc) is 2.48. The van der Waals surface area contributed by atoms with Crippen LogP contribution >= 0.6 is 15.9 Å². The molecule has 1 saturated carbocycles. The first kappa shape index (κ1) is 21.9. The van der Waals surface area contributed by atoms with Gasteiger partial charge in [0.15, 0.2) is 0 Å². The zero-order valence-corrected chi connectivity index (χ0v) is 18.2. The Kier molecular flexibility index (Phi) is 7.47. The van der Waals surface area contributed by atoms with Crippen molar-refractivity contribution in [2.75, 3.05) is 13.7 Å². The van der Waals surface area contributed by atoms with E-state index in [4.69, 9.17) is 14.2 Å². The van der Waals surface area contributed by atoms with Gasteiger partial charge in [0, 0.05) is 19.3 Å². The summed E-state index contributed by atoms with van der Waals surface area (Å²) in [6.07, 6.45) is 3.27. The number of amides is 1. The van der Waals surface area contributed by atoms with Gasteiger partial charge in [-0.1, -0.05) is 0 Å². The van der Waals surface area contributed by atoms with Crippen molar-refractivity contribution in [3.05, 3.63) is 32.7 Å². The van der Waals surface area contributed by atoms with E-state index in [2.05, 4.69) is 21.2 Å². The van der Waals surface area contributed by atoms with Crippen LogP contribution in [0.1, 0.15) is 52.1 Å². The van der Waals surface area contributed by atoms with E-state index in [-0.39, 0.29) is 23.7 Å². The number of pyridine rings is 1. The van der Waals surface area contributed by atoms with Crippen molar-refractivity contribution in [1.29, 1.82) is 0 Å². The molecule has 0 aliphatic heterocycles. The number of carbonyl (C=O) groups is 1. The molecule has 0 aromatic carbocycles. The molecule has 8 heteroatoms. The normalized spacial score (nSPS) is 20.7. The van der Waals surface area contributed by atoms with Gasteiger partial charge in [-0.05, 0) is 68.1 Å². The van der Waals surface area contributed by atoms with Crippen LogP contribution in [-0.4, -0.2) is 42.1 Å². The van der Waals surface area contributed by atoms with Gasteiger partial charge in [-0.15, -0.1) is 0 Å². The summed E-state index contributed by atoms with van der Waals surface area (Å²) in [5.41, 5.74) is 0.318. The monoisotopic (exact) mass is 444 g/mol. The molecule has 0 radical (unpaired) electrons. The molecule has 1 aliphatic rings. The number of carbonyl (C=O) groups excluding carboxylic acids is 1. The lowest BCUT2D eigenvalue weighted by atomic mass is 9.89. The Bertz CT molecular complexity index is 707. The minimum absolute atomic E-state index is 0.0433. The number of hydrogen-bond acceptors (Lipinski definition) is 5. The van der Waals surface area contributed by atoms with Crippen LogP contribution in [0.5, 0.6) is 0 Å². The molecule has 0 spiro atoms. The van der Waals surface area contributed by atoms with Gasteiger partial charge in [-0.2, -0.15) is 0 Å². The summed E-state index contributed by atoms with van der Waals surface area (Å²) in [4.78, 5) is 24.1. The van der Waals surface area contributed by atoms with Crippen LogP contribution in [0.15, 0.2) is 21.5 Å². The van der Waals surface area contributed by atoms with Crippen LogP contribution in [0.3, 0.4) is 0 Å². The van der Waals surface area contributed by atoms with Crippen LogP contribution in [0.25, 0.3) is 0 Å². The molecular weight excluding hydrogens is 416 g/mol. The van der Waals surface area contributed by atoms with E-state index < -0.39 is 11.7 Å². The van der Waals surface area contributed by atoms with E-state index in [0.29, 0.717) is 17.7 Å². The molecule has 0 saturated heterocycles. The van der Waals surface area contributed by atoms with Gasteiger partial charge in [0.05, 0.1) is 29.8 Å². The maximum atomic E-state index is 12.3. The van der Waals surface area contributed by atoms with Gasteiger partial charge in [0.25, 0.3) is 5.56 Å². The van der Waals surface area contributed by atoms with Crippen LogP contribution in [0.2, 0.25) is 0 Å². The first-order valence-corrected chi connectivity index (χ1v) is 9.89. The Morgan fingerprint density at radius 1 is 1.41 bits per heavy atom. The highest BCUT2D eigenvalue weighted by atomic mass is 79.9. The number of hydrogen-bond donors (Lipinski definition) is 1. The summed E-state index contributed by atoms with van der Waals surface area (Å²) in [5, 5.41) is 2.74. The van der Waals surface area contributed by atoms with Gasteiger partial charge in [-0.3, -0.25) is 4.79 Å². The number of aromatic nitrogens is 1. The number of ether oxygens (including phenoxy) is 3. The maximum absolute atomic E-state index is 12.3. The zero-order valence-electron chi connectivity index (χ0n) is 16.6. The summed E-state index contributed by atoms with van der Waals surface area (Å²) in [6.45, 7) is 7.98. The Balaban J connectivity index is 1.86. The minimum Gasteiger partial charge on any atom is -0.444 e. The fourth-order valence-corrected chi connectivity index (χ4v) is 3.33. The number of nitrogens with zero attached hydrogens (tertiary/aromatic N) is 1. The lowest BCUT2D eigenvalue weighted by molar-refractivity contribution is 0.00482. The quantitative estimate of drug-likeness (QED) is 0.696.